The third-order valence-electron chi connectivity index (χ3n) is 4.68. The number of nitrogens with one attached hydrogen (secondary N) is 1. The van der Waals surface area contributed by atoms with E-state index in [1.807, 2.05) is 54.3 Å². The van der Waals surface area contributed by atoms with Crippen LogP contribution in [0.5, 0.6) is 11.5 Å². The van der Waals surface area contributed by atoms with Crippen molar-refractivity contribution < 1.29 is 14.3 Å². The van der Waals surface area contributed by atoms with Crippen LogP contribution in [0.4, 0.5) is 10.5 Å². The molecule has 1 fully saturated rings. The molecule has 0 radical (unpaired) electrons. The number of para-hydroxylation sites is 2. The van der Waals surface area contributed by atoms with E-state index in [-0.39, 0.29) is 6.03 Å². The van der Waals surface area contributed by atoms with E-state index in [2.05, 4.69) is 16.3 Å². The third-order valence-corrected chi connectivity index (χ3v) is 4.68. The summed E-state index contributed by atoms with van der Waals surface area (Å²) in [5.74, 6) is 1.71. The summed E-state index contributed by atoms with van der Waals surface area (Å²) in [4.78, 5) is 16.6. The number of nitrogens with zero attached hydrogens (tertiary/aromatic N) is 2. The maximum Gasteiger partial charge on any atom is 0.317 e. The second kappa shape index (κ2) is 9.16. The molecule has 6 heteroatoms. The fourth-order valence-electron chi connectivity index (χ4n) is 3.18. The Kier molecular flexibility index (Phi) is 6.41. The van der Waals surface area contributed by atoms with Gasteiger partial charge in [-0.3, -0.25) is 0 Å². The average Bonchev–Trinajstić information content (AvgIpc) is 2.73. The molecule has 1 N–H and O–H groups in total. The van der Waals surface area contributed by atoms with Crippen LogP contribution in [-0.2, 0) is 6.54 Å². The molecule has 0 unspecified atom stereocenters. The Morgan fingerprint density at radius 2 is 1.74 bits per heavy atom. The third kappa shape index (κ3) is 4.84. The number of methoxy groups -OCH3 is 1. The summed E-state index contributed by atoms with van der Waals surface area (Å²) in [5, 5.41) is 3.00. The number of benzene rings is 2. The van der Waals surface area contributed by atoms with Crippen molar-refractivity contribution in [3.63, 3.8) is 0 Å². The van der Waals surface area contributed by atoms with Crippen molar-refractivity contribution in [3.05, 3.63) is 54.1 Å². The minimum atomic E-state index is -0.0245. The smallest absolute Gasteiger partial charge is 0.317 e. The number of carbonyl (C=O) groups is 1. The fourth-order valence-corrected chi connectivity index (χ4v) is 3.18. The maximum absolute atomic E-state index is 12.5. The summed E-state index contributed by atoms with van der Waals surface area (Å²) in [6.45, 7) is 6.10. The highest BCUT2D eigenvalue weighted by molar-refractivity contribution is 5.74. The molecule has 3 rings (SSSR count). The number of carbonyl (C=O) groups excluding carboxylic acids is 1. The molecule has 0 aromatic heterocycles. The van der Waals surface area contributed by atoms with Gasteiger partial charge in [-0.1, -0.05) is 24.3 Å². The molecule has 0 spiro atoms. The monoisotopic (exact) mass is 369 g/mol. The molecule has 1 saturated heterocycles. The number of rotatable bonds is 6. The molecule has 144 valence electrons. The van der Waals surface area contributed by atoms with Gasteiger partial charge in [-0.2, -0.15) is 0 Å². The topological polar surface area (TPSA) is 54.0 Å². The normalized spacial score (nSPS) is 14.0. The highest BCUT2D eigenvalue weighted by Gasteiger charge is 2.22. The van der Waals surface area contributed by atoms with Gasteiger partial charge in [0.25, 0.3) is 0 Å². The summed E-state index contributed by atoms with van der Waals surface area (Å²) in [7, 11) is 1.64. The minimum Gasteiger partial charge on any atom is -0.497 e. The zero-order valence-electron chi connectivity index (χ0n) is 16.0. The number of amides is 2. The Bertz CT molecular complexity index is 741. The van der Waals surface area contributed by atoms with Crippen molar-refractivity contribution >= 4 is 11.7 Å². The van der Waals surface area contributed by atoms with Gasteiger partial charge in [0.05, 0.1) is 19.4 Å². The molecule has 0 saturated carbocycles. The molecule has 0 atom stereocenters. The molecule has 2 amide bonds. The van der Waals surface area contributed by atoms with Crippen molar-refractivity contribution in [2.24, 2.45) is 0 Å². The van der Waals surface area contributed by atoms with Gasteiger partial charge in [0.15, 0.2) is 0 Å². The molecule has 1 aliphatic rings. The number of piperazine rings is 1. The quantitative estimate of drug-likeness (QED) is 0.850. The van der Waals surface area contributed by atoms with Crippen LogP contribution < -0.4 is 19.7 Å². The molecular formula is C21H27N3O3. The van der Waals surface area contributed by atoms with Crippen LogP contribution in [0.1, 0.15) is 12.5 Å². The van der Waals surface area contributed by atoms with Gasteiger partial charge in [0.2, 0.25) is 0 Å². The van der Waals surface area contributed by atoms with Crippen molar-refractivity contribution in [2.45, 2.75) is 13.5 Å². The summed E-state index contributed by atoms with van der Waals surface area (Å²) in [5.41, 5.74) is 2.14. The number of hydrogen-bond donors (Lipinski definition) is 1. The van der Waals surface area contributed by atoms with Crippen LogP contribution in [0.3, 0.4) is 0 Å². The lowest BCUT2D eigenvalue weighted by Crippen LogP contribution is -2.51. The van der Waals surface area contributed by atoms with Crippen LogP contribution in [0.2, 0.25) is 0 Å². The Hall–Kier alpha value is -2.89. The number of ether oxygens (including phenoxy) is 2. The van der Waals surface area contributed by atoms with E-state index in [1.54, 1.807) is 7.11 Å². The Morgan fingerprint density at radius 1 is 1.04 bits per heavy atom. The van der Waals surface area contributed by atoms with E-state index < -0.39 is 0 Å². The van der Waals surface area contributed by atoms with Crippen molar-refractivity contribution in [2.75, 3.05) is 44.8 Å². The SMILES string of the molecule is CCOc1ccccc1N1CCN(C(=O)NCc2ccc(OC)cc2)CC1. The van der Waals surface area contributed by atoms with Gasteiger partial charge in [-0.05, 0) is 36.8 Å². The Morgan fingerprint density at radius 3 is 2.41 bits per heavy atom. The molecule has 6 nitrogen and oxygen atoms in total. The predicted molar refractivity (Wildman–Crippen MR) is 107 cm³/mol. The first-order valence-corrected chi connectivity index (χ1v) is 9.33. The van der Waals surface area contributed by atoms with E-state index in [4.69, 9.17) is 9.47 Å². The van der Waals surface area contributed by atoms with Crippen molar-refractivity contribution in [3.8, 4) is 11.5 Å². The summed E-state index contributed by atoms with van der Waals surface area (Å²) in [6, 6.07) is 15.8. The van der Waals surface area contributed by atoms with Gasteiger partial charge in [-0.15, -0.1) is 0 Å². The van der Waals surface area contributed by atoms with E-state index in [1.165, 1.54) is 0 Å². The fraction of sp³-hybridized carbons (Fsp3) is 0.381. The molecule has 1 aliphatic heterocycles. The van der Waals surface area contributed by atoms with E-state index >= 15 is 0 Å². The van der Waals surface area contributed by atoms with Crippen LogP contribution >= 0.6 is 0 Å². The lowest BCUT2D eigenvalue weighted by atomic mass is 10.2. The molecule has 2 aromatic rings. The standard InChI is InChI=1S/C21H27N3O3/c1-3-27-20-7-5-4-6-19(20)23-12-14-24(15-13-23)21(25)22-16-17-8-10-18(26-2)11-9-17/h4-11H,3,12-16H2,1-2H3,(H,22,25). The summed E-state index contributed by atoms with van der Waals surface area (Å²) < 4.78 is 10.9. The lowest BCUT2D eigenvalue weighted by Gasteiger charge is -2.36. The highest BCUT2D eigenvalue weighted by Crippen LogP contribution is 2.28. The zero-order valence-corrected chi connectivity index (χ0v) is 16.0. The van der Waals surface area contributed by atoms with E-state index in [0.29, 0.717) is 26.2 Å². The first-order chi connectivity index (χ1) is 13.2. The van der Waals surface area contributed by atoms with Crippen LogP contribution in [0.25, 0.3) is 0 Å². The van der Waals surface area contributed by atoms with Gasteiger partial charge in [0, 0.05) is 32.7 Å². The largest absolute Gasteiger partial charge is 0.497 e. The van der Waals surface area contributed by atoms with Crippen LogP contribution in [-0.4, -0.2) is 50.8 Å². The molecule has 1 heterocycles. The van der Waals surface area contributed by atoms with Crippen LogP contribution in [0, 0.1) is 0 Å². The lowest BCUT2D eigenvalue weighted by molar-refractivity contribution is 0.194. The van der Waals surface area contributed by atoms with Gasteiger partial charge < -0.3 is 24.6 Å². The van der Waals surface area contributed by atoms with E-state index in [0.717, 1.165) is 35.8 Å². The van der Waals surface area contributed by atoms with Gasteiger partial charge in [-0.25, -0.2) is 4.79 Å². The van der Waals surface area contributed by atoms with E-state index in [9.17, 15) is 4.79 Å². The molecule has 27 heavy (non-hydrogen) atoms. The number of anilines is 1. The molecule has 0 bridgehead atoms. The van der Waals surface area contributed by atoms with Crippen LogP contribution in [0.15, 0.2) is 48.5 Å². The van der Waals surface area contributed by atoms with Gasteiger partial charge in [0.1, 0.15) is 11.5 Å². The van der Waals surface area contributed by atoms with Crippen molar-refractivity contribution in [1.29, 1.82) is 0 Å². The summed E-state index contributed by atoms with van der Waals surface area (Å²) >= 11 is 0. The second-order valence-electron chi connectivity index (χ2n) is 6.38. The number of urea groups is 1. The highest BCUT2D eigenvalue weighted by atomic mass is 16.5. The summed E-state index contributed by atoms with van der Waals surface area (Å²) in [6.07, 6.45) is 0. The second-order valence-corrected chi connectivity index (χ2v) is 6.38. The maximum atomic E-state index is 12.5. The predicted octanol–water partition coefficient (Wildman–Crippen LogP) is 3.13. The first kappa shape index (κ1) is 18.9. The van der Waals surface area contributed by atoms with Crippen molar-refractivity contribution in [1.82, 2.24) is 10.2 Å². The first-order valence-electron chi connectivity index (χ1n) is 9.33. The van der Waals surface area contributed by atoms with Gasteiger partial charge >= 0.3 is 6.03 Å². The Labute approximate surface area is 160 Å². The minimum absolute atomic E-state index is 0.0245. The molecular weight excluding hydrogens is 342 g/mol. The number of hydrogen-bond acceptors (Lipinski definition) is 4. The Balaban J connectivity index is 1.50. The molecule has 0 aliphatic carbocycles. The molecule has 2 aromatic carbocycles. The zero-order chi connectivity index (χ0) is 19.1. The average molecular weight is 369 g/mol.